The SMILES string of the molecule is CC(C)C(=O)NC1CCN(C(=O)C(F)F)CC1. The van der Waals surface area contributed by atoms with Crippen LogP contribution in [0, 0.1) is 5.92 Å². The molecule has 17 heavy (non-hydrogen) atoms. The van der Waals surface area contributed by atoms with Gasteiger partial charge in [-0.05, 0) is 12.8 Å². The monoisotopic (exact) mass is 248 g/mol. The number of halogens is 2. The van der Waals surface area contributed by atoms with E-state index in [1.54, 1.807) is 13.8 Å². The summed E-state index contributed by atoms with van der Waals surface area (Å²) in [5, 5.41) is 2.84. The van der Waals surface area contributed by atoms with Crippen LogP contribution in [0.5, 0.6) is 0 Å². The van der Waals surface area contributed by atoms with Crippen LogP contribution >= 0.6 is 0 Å². The summed E-state index contributed by atoms with van der Waals surface area (Å²) in [6.45, 7) is 4.16. The van der Waals surface area contributed by atoms with Gasteiger partial charge < -0.3 is 10.2 Å². The van der Waals surface area contributed by atoms with E-state index in [0.29, 0.717) is 12.8 Å². The van der Waals surface area contributed by atoms with E-state index < -0.39 is 12.3 Å². The molecule has 1 aliphatic heterocycles. The molecule has 1 aliphatic rings. The summed E-state index contributed by atoms with van der Waals surface area (Å²) in [7, 11) is 0. The number of carbonyl (C=O) groups is 2. The largest absolute Gasteiger partial charge is 0.353 e. The molecule has 0 saturated carbocycles. The van der Waals surface area contributed by atoms with Crippen LogP contribution in [-0.4, -0.2) is 42.3 Å². The van der Waals surface area contributed by atoms with Crippen molar-refractivity contribution in [2.75, 3.05) is 13.1 Å². The Morgan fingerprint density at radius 1 is 1.24 bits per heavy atom. The van der Waals surface area contributed by atoms with Crippen LogP contribution in [0.3, 0.4) is 0 Å². The first-order valence-electron chi connectivity index (χ1n) is 5.79. The second-order valence-electron chi connectivity index (χ2n) is 4.56. The van der Waals surface area contributed by atoms with Crippen LogP contribution in [0.2, 0.25) is 0 Å². The van der Waals surface area contributed by atoms with Gasteiger partial charge in [0.25, 0.3) is 5.91 Å². The van der Waals surface area contributed by atoms with Gasteiger partial charge in [-0.15, -0.1) is 0 Å². The second kappa shape index (κ2) is 5.93. The van der Waals surface area contributed by atoms with Gasteiger partial charge >= 0.3 is 6.43 Å². The molecule has 98 valence electrons. The smallest absolute Gasteiger partial charge is 0.315 e. The molecule has 0 aromatic heterocycles. The van der Waals surface area contributed by atoms with E-state index in [-0.39, 0.29) is 31.0 Å². The highest BCUT2D eigenvalue weighted by Crippen LogP contribution is 2.13. The van der Waals surface area contributed by atoms with Crippen LogP contribution in [0.1, 0.15) is 26.7 Å². The Labute approximate surface area is 99.3 Å². The van der Waals surface area contributed by atoms with Crippen LogP contribution in [0.25, 0.3) is 0 Å². The van der Waals surface area contributed by atoms with Crippen molar-refractivity contribution >= 4 is 11.8 Å². The fourth-order valence-electron chi connectivity index (χ4n) is 1.75. The maximum Gasteiger partial charge on any atom is 0.315 e. The number of likely N-dealkylation sites (tertiary alicyclic amines) is 1. The number of alkyl halides is 2. The van der Waals surface area contributed by atoms with E-state index in [0.717, 1.165) is 4.90 Å². The molecular formula is C11H18F2N2O2. The molecule has 0 radical (unpaired) electrons. The number of nitrogens with one attached hydrogen (secondary N) is 1. The molecule has 1 fully saturated rings. The molecule has 1 N–H and O–H groups in total. The van der Waals surface area contributed by atoms with Gasteiger partial charge in [0.2, 0.25) is 5.91 Å². The predicted molar refractivity (Wildman–Crippen MR) is 58.6 cm³/mol. The van der Waals surface area contributed by atoms with Gasteiger partial charge in [-0.3, -0.25) is 9.59 Å². The minimum atomic E-state index is -2.93. The first-order valence-corrected chi connectivity index (χ1v) is 5.79. The Hall–Kier alpha value is -1.20. The van der Waals surface area contributed by atoms with Crippen LogP contribution in [0.15, 0.2) is 0 Å². The van der Waals surface area contributed by atoms with Gasteiger partial charge in [0.15, 0.2) is 0 Å². The Balaban J connectivity index is 2.36. The molecule has 4 nitrogen and oxygen atoms in total. The molecule has 0 aliphatic carbocycles. The van der Waals surface area contributed by atoms with Gasteiger partial charge in [0.1, 0.15) is 0 Å². The third-order valence-corrected chi connectivity index (χ3v) is 2.86. The molecule has 1 saturated heterocycles. The molecule has 0 atom stereocenters. The molecule has 2 amide bonds. The Kier molecular flexibility index (Phi) is 4.84. The lowest BCUT2D eigenvalue weighted by Crippen LogP contribution is -2.48. The number of piperidine rings is 1. The van der Waals surface area contributed by atoms with Crippen molar-refractivity contribution in [3.63, 3.8) is 0 Å². The maximum absolute atomic E-state index is 12.2. The van der Waals surface area contributed by atoms with E-state index in [1.165, 1.54) is 0 Å². The third kappa shape index (κ3) is 3.94. The summed E-state index contributed by atoms with van der Waals surface area (Å²) in [5.41, 5.74) is 0. The van der Waals surface area contributed by atoms with Gasteiger partial charge in [-0.1, -0.05) is 13.8 Å². The van der Waals surface area contributed by atoms with Gasteiger partial charge in [0, 0.05) is 25.0 Å². The quantitative estimate of drug-likeness (QED) is 0.810. The predicted octanol–water partition coefficient (Wildman–Crippen LogP) is 1.01. The minimum Gasteiger partial charge on any atom is -0.353 e. The number of rotatable bonds is 3. The van der Waals surface area contributed by atoms with E-state index in [1.807, 2.05) is 0 Å². The summed E-state index contributed by atoms with van der Waals surface area (Å²) in [5.74, 6) is -1.24. The molecule has 1 rings (SSSR count). The number of nitrogens with zero attached hydrogens (tertiary/aromatic N) is 1. The van der Waals surface area contributed by atoms with Crippen molar-refractivity contribution < 1.29 is 18.4 Å². The maximum atomic E-state index is 12.2. The fraction of sp³-hybridized carbons (Fsp3) is 0.818. The molecule has 1 heterocycles. The zero-order valence-electron chi connectivity index (χ0n) is 10.1. The van der Waals surface area contributed by atoms with Crippen molar-refractivity contribution in [2.45, 2.75) is 39.2 Å². The van der Waals surface area contributed by atoms with Gasteiger partial charge in [-0.25, -0.2) is 0 Å². The lowest BCUT2D eigenvalue weighted by Gasteiger charge is -2.32. The van der Waals surface area contributed by atoms with Crippen LogP contribution in [-0.2, 0) is 9.59 Å². The highest BCUT2D eigenvalue weighted by molar-refractivity contribution is 5.80. The van der Waals surface area contributed by atoms with Crippen LogP contribution < -0.4 is 5.32 Å². The molecule has 0 aromatic carbocycles. The number of hydrogen-bond acceptors (Lipinski definition) is 2. The zero-order valence-corrected chi connectivity index (χ0v) is 10.1. The lowest BCUT2D eigenvalue weighted by atomic mass is 10.0. The summed E-state index contributed by atoms with van der Waals surface area (Å²) < 4.78 is 24.3. The Bertz CT molecular complexity index is 287. The molecule has 6 heteroatoms. The highest BCUT2D eigenvalue weighted by atomic mass is 19.3. The summed E-state index contributed by atoms with van der Waals surface area (Å²) in [6, 6.07) is -0.00776. The van der Waals surface area contributed by atoms with Crippen molar-refractivity contribution in [1.29, 1.82) is 0 Å². The number of hydrogen-bond donors (Lipinski definition) is 1. The molecule has 0 aromatic rings. The highest BCUT2D eigenvalue weighted by Gasteiger charge is 2.28. The first-order chi connectivity index (χ1) is 7.91. The third-order valence-electron chi connectivity index (χ3n) is 2.86. The van der Waals surface area contributed by atoms with Gasteiger partial charge in [0.05, 0.1) is 0 Å². The molecule has 0 spiro atoms. The minimum absolute atomic E-state index is 0.00776. The second-order valence-corrected chi connectivity index (χ2v) is 4.56. The molecule has 0 bridgehead atoms. The lowest BCUT2D eigenvalue weighted by molar-refractivity contribution is -0.144. The van der Waals surface area contributed by atoms with Crippen LogP contribution in [0.4, 0.5) is 8.78 Å². The van der Waals surface area contributed by atoms with E-state index in [2.05, 4.69) is 5.32 Å². The normalized spacial score (nSPS) is 17.6. The number of amides is 2. The Morgan fingerprint density at radius 2 is 1.76 bits per heavy atom. The van der Waals surface area contributed by atoms with Gasteiger partial charge in [-0.2, -0.15) is 8.78 Å². The van der Waals surface area contributed by atoms with E-state index in [4.69, 9.17) is 0 Å². The first kappa shape index (κ1) is 13.9. The molecule has 0 unspecified atom stereocenters. The average Bonchev–Trinajstić information content (AvgIpc) is 2.28. The summed E-state index contributed by atoms with van der Waals surface area (Å²) >= 11 is 0. The van der Waals surface area contributed by atoms with E-state index in [9.17, 15) is 18.4 Å². The van der Waals surface area contributed by atoms with Crippen molar-refractivity contribution in [3.05, 3.63) is 0 Å². The number of carbonyl (C=O) groups excluding carboxylic acids is 2. The standard InChI is InChI=1S/C11H18F2N2O2/c1-7(2)10(16)14-8-3-5-15(6-4-8)11(17)9(12)13/h7-9H,3-6H2,1-2H3,(H,14,16). The average molecular weight is 248 g/mol. The fourth-order valence-corrected chi connectivity index (χ4v) is 1.75. The zero-order chi connectivity index (χ0) is 13.0. The topological polar surface area (TPSA) is 49.4 Å². The van der Waals surface area contributed by atoms with Crippen molar-refractivity contribution in [1.82, 2.24) is 10.2 Å². The van der Waals surface area contributed by atoms with Crippen molar-refractivity contribution in [3.8, 4) is 0 Å². The summed E-state index contributed by atoms with van der Waals surface area (Å²) in [6.07, 6.45) is -1.86. The summed E-state index contributed by atoms with van der Waals surface area (Å²) in [4.78, 5) is 23.6. The Morgan fingerprint density at radius 3 is 2.18 bits per heavy atom. The molecular weight excluding hydrogens is 230 g/mol. The van der Waals surface area contributed by atoms with E-state index >= 15 is 0 Å². The van der Waals surface area contributed by atoms with Crippen molar-refractivity contribution in [2.24, 2.45) is 5.92 Å².